The molecule has 0 aromatic heterocycles. The van der Waals surface area contributed by atoms with Crippen molar-refractivity contribution < 1.29 is 9.53 Å². The molecule has 1 aromatic rings. The zero-order valence-electron chi connectivity index (χ0n) is 11.7. The number of hydrogen-bond donors (Lipinski definition) is 0. The van der Waals surface area contributed by atoms with Crippen molar-refractivity contribution in [1.82, 2.24) is 4.90 Å². The highest BCUT2D eigenvalue weighted by Crippen LogP contribution is 2.12. The molecule has 1 unspecified atom stereocenters. The molecule has 0 spiro atoms. The largest absolute Gasteiger partial charge is 0.466 e. The van der Waals surface area contributed by atoms with Gasteiger partial charge in [0.05, 0.1) is 14.5 Å². The van der Waals surface area contributed by atoms with Crippen molar-refractivity contribution in [2.75, 3.05) is 27.7 Å². The molecule has 0 N–H and O–H groups in total. The fraction of sp³-hybridized carbons (Fsp3) is 0.500. The predicted octanol–water partition coefficient (Wildman–Crippen LogP) is 2.03. The first-order chi connectivity index (χ1) is 8.49. The van der Waals surface area contributed by atoms with Crippen LogP contribution in [0.1, 0.15) is 24.7 Å². The molecule has 0 aliphatic rings. The molecular weight excluding hydrogens is 225 g/mol. The fourth-order valence-electron chi connectivity index (χ4n) is 1.09. The molecule has 0 bridgehead atoms. The molecule has 4 heteroatoms. The molecule has 1 atom stereocenters. The summed E-state index contributed by atoms with van der Waals surface area (Å²) in [7, 11) is 11.7. The smallest absolute Gasteiger partial charge is 0.304 e. The van der Waals surface area contributed by atoms with E-state index < -0.39 is 5.82 Å². The molecule has 0 saturated carbocycles. The Kier molecular flexibility index (Phi) is 9.02. The van der Waals surface area contributed by atoms with Crippen LogP contribution in [0.2, 0.25) is 0 Å². The van der Waals surface area contributed by atoms with Gasteiger partial charge in [0.25, 0.3) is 0 Å². The Balaban J connectivity index is 0.000000631. The Hall–Kier alpha value is -1.29. The van der Waals surface area contributed by atoms with Gasteiger partial charge in [-0.15, -0.1) is 0 Å². The monoisotopic (exact) mass is 247 g/mol. The highest BCUT2D eigenvalue weighted by Gasteiger charge is 2.14. The van der Waals surface area contributed by atoms with E-state index in [1.165, 1.54) is 0 Å². The summed E-state index contributed by atoms with van der Waals surface area (Å²) < 4.78 is 4.94. The normalized spacial score (nSPS) is 11.4. The van der Waals surface area contributed by atoms with Crippen LogP contribution < -0.4 is 0 Å². The molecule has 0 saturated heterocycles. The van der Waals surface area contributed by atoms with Crippen LogP contribution in [0.25, 0.3) is 0 Å². The molecule has 3 nitrogen and oxygen atoms in total. The van der Waals surface area contributed by atoms with Gasteiger partial charge in [-0.3, -0.25) is 4.79 Å². The molecule has 98 valence electrons. The quantitative estimate of drug-likeness (QED) is 0.602. The lowest BCUT2D eigenvalue weighted by Gasteiger charge is -2.11. The highest BCUT2D eigenvalue weighted by molar-refractivity contribution is 6.23. The first-order valence-electron chi connectivity index (χ1n) is 6.07. The minimum absolute atomic E-state index is 0.363. The number of rotatable bonds is 4. The number of hydrogen-bond acceptors (Lipinski definition) is 3. The summed E-state index contributed by atoms with van der Waals surface area (Å²) in [4.78, 5) is 13.4. The Labute approximate surface area is 112 Å². The van der Waals surface area contributed by atoms with E-state index in [-0.39, 0.29) is 5.97 Å². The molecule has 0 amide bonds. The van der Waals surface area contributed by atoms with Crippen LogP contribution in [0.15, 0.2) is 30.3 Å². The maximum Gasteiger partial charge on any atom is 0.304 e. The van der Waals surface area contributed by atoms with Crippen molar-refractivity contribution in [2.45, 2.75) is 19.2 Å². The Morgan fingerprint density at radius 2 is 1.78 bits per heavy atom. The van der Waals surface area contributed by atoms with Crippen LogP contribution >= 0.6 is 0 Å². The zero-order valence-corrected chi connectivity index (χ0v) is 11.7. The van der Waals surface area contributed by atoms with Gasteiger partial charge in [0, 0.05) is 5.82 Å². The summed E-state index contributed by atoms with van der Waals surface area (Å²) in [6, 6.07) is 9.22. The summed E-state index contributed by atoms with van der Waals surface area (Å²) in [5.74, 6) is -1.03. The fourth-order valence-corrected chi connectivity index (χ4v) is 1.09. The molecule has 2 radical (unpaired) electrons. The number of carbonyl (C=O) groups is 1. The van der Waals surface area contributed by atoms with Crippen LogP contribution in [0.3, 0.4) is 0 Å². The van der Waals surface area contributed by atoms with Gasteiger partial charge in [0.15, 0.2) is 0 Å². The van der Waals surface area contributed by atoms with E-state index in [9.17, 15) is 4.79 Å². The third-order valence-corrected chi connectivity index (χ3v) is 1.86. The van der Waals surface area contributed by atoms with Crippen LogP contribution in [-0.2, 0) is 9.53 Å². The highest BCUT2D eigenvalue weighted by atomic mass is 16.5. The van der Waals surface area contributed by atoms with Crippen LogP contribution in [0.5, 0.6) is 0 Å². The first kappa shape index (κ1) is 16.7. The van der Waals surface area contributed by atoms with E-state index in [4.69, 9.17) is 12.6 Å². The van der Waals surface area contributed by atoms with Crippen molar-refractivity contribution in [3.8, 4) is 0 Å². The Morgan fingerprint density at radius 3 is 2.22 bits per heavy atom. The van der Waals surface area contributed by atoms with Gasteiger partial charge in [-0.05, 0) is 33.1 Å². The summed E-state index contributed by atoms with van der Waals surface area (Å²) in [5, 5.41) is 0. The van der Waals surface area contributed by atoms with Crippen molar-refractivity contribution in [3.63, 3.8) is 0 Å². The lowest BCUT2D eigenvalue weighted by molar-refractivity contribution is -0.143. The first-order valence-corrected chi connectivity index (χ1v) is 6.07. The van der Waals surface area contributed by atoms with Crippen molar-refractivity contribution in [3.05, 3.63) is 35.9 Å². The molecule has 0 aliphatic carbocycles. The Bertz CT molecular complexity index is 325. The topological polar surface area (TPSA) is 29.5 Å². The van der Waals surface area contributed by atoms with Gasteiger partial charge in [-0.25, -0.2) is 0 Å². The predicted molar refractivity (Wildman–Crippen MR) is 75.8 cm³/mol. The van der Waals surface area contributed by atoms with E-state index >= 15 is 0 Å². The number of ether oxygens (including phenoxy) is 1. The van der Waals surface area contributed by atoms with E-state index in [0.29, 0.717) is 6.61 Å². The van der Waals surface area contributed by atoms with Gasteiger partial charge in [-0.1, -0.05) is 37.3 Å². The van der Waals surface area contributed by atoms with E-state index in [2.05, 4.69) is 0 Å². The van der Waals surface area contributed by atoms with E-state index in [1.807, 2.05) is 63.3 Å². The number of carbonyl (C=O) groups excluding carboxylic acids is 1. The van der Waals surface area contributed by atoms with Crippen molar-refractivity contribution in [1.29, 1.82) is 0 Å². The van der Waals surface area contributed by atoms with Gasteiger partial charge in [0.1, 0.15) is 0 Å². The van der Waals surface area contributed by atoms with Gasteiger partial charge in [-0.2, -0.15) is 0 Å². The summed E-state index contributed by atoms with van der Waals surface area (Å²) in [6.07, 6.45) is 0.813. The third-order valence-electron chi connectivity index (χ3n) is 1.86. The van der Waals surface area contributed by atoms with E-state index in [0.717, 1.165) is 12.0 Å². The number of nitrogens with zero attached hydrogens (tertiary/aromatic N) is 1. The maximum atomic E-state index is 11.4. The van der Waals surface area contributed by atoms with Crippen molar-refractivity contribution in [2.24, 2.45) is 0 Å². The lowest BCUT2D eigenvalue weighted by Crippen LogP contribution is -2.16. The SMILES string of the molecule is CN(C)C.[B]C(C(=O)OCCC)c1ccccc1. The summed E-state index contributed by atoms with van der Waals surface area (Å²) in [6.45, 7) is 2.38. The molecule has 0 aliphatic heterocycles. The van der Waals surface area contributed by atoms with Gasteiger partial charge < -0.3 is 9.64 Å². The average Bonchev–Trinajstić information content (AvgIpc) is 2.35. The second kappa shape index (κ2) is 9.72. The maximum absolute atomic E-state index is 11.4. The minimum atomic E-state index is -0.664. The van der Waals surface area contributed by atoms with Crippen LogP contribution in [-0.4, -0.2) is 46.5 Å². The molecule has 18 heavy (non-hydrogen) atoms. The number of benzene rings is 1. The van der Waals surface area contributed by atoms with Gasteiger partial charge >= 0.3 is 5.97 Å². The van der Waals surface area contributed by atoms with Crippen LogP contribution in [0, 0.1) is 0 Å². The molecular formula is C14H22BNO2. The van der Waals surface area contributed by atoms with E-state index in [1.54, 1.807) is 0 Å². The molecule has 0 fully saturated rings. The zero-order chi connectivity index (χ0) is 14.0. The Morgan fingerprint density at radius 1 is 1.28 bits per heavy atom. The standard InChI is InChI=1S/C11H13BO2.C3H9N/c1-2-8-14-11(13)10(12)9-6-4-3-5-7-9;1-4(2)3/h3-7,10H,2,8H2,1H3;1-3H3. The average molecular weight is 247 g/mol. The van der Waals surface area contributed by atoms with Crippen LogP contribution in [0.4, 0.5) is 0 Å². The number of esters is 1. The van der Waals surface area contributed by atoms with Crippen molar-refractivity contribution >= 4 is 13.8 Å². The minimum Gasteiger partial charge on any atom is -0.466 e. The second-order valence-corrected chi connectivity index (χ2v) is 4.40. The lowest BCUT2D eigenvalue weighted by atomic mass is 9.81. The molecule has 0 heterocycles. The summed E-state index contributed by atoms with van der Waals surface area (Å²) >= 11 is 0. The van der Waals surface area contributed by atoms with Gasteiger partial charge in [0.2, 0.25) is 0 Å². The second-order valence-electron chi connectivity index (χ2n) is 4.40. The summed E-state index contributed by atoms with van der Waals surface area (Å²) in [5.41, 5.74) is 0.786. The third kappa shape index (κ3) is 7.90. The molecule has 1 aromatic carbocycles. The molecule has 1 rings (SSSR count).